The van der Waals surface area contributed by atoms with Crippen LogP contribution in [0.15, 0.2) is 22.7 Å². The highest BCUT2D eigenvalue weighted by Crippen LogP contribution is 2.18. The molecule has 23 heavy (non-hydrogen) atoms. The van der Waals surface area contributed by atoms with Gasteiger partial charge in [0.2, 0.25) is 0 Å². The zero-order valence-corrected chi connectivity index (χ0v) is 13.9. The topological polar surface area (TPSA) is 81.4 Å². The average Bonchev–Trinajstić information content (AvgIpc) is 2.81. The Kier molecular flexibility index (Phi) is 4.83. The lowest BCUT2D eigenvalue weighted by molar-refractivity contribution is -0.123. The van der Waals surface area contributed by atoms with Crippen LogP contribution in [0.4, 0.5) is 5.69 Å². The van der Waals surface area contributed by atoms with Crippen LogP contribution in [0.5, 0.6) is 0 Å². The highest BCUT2D eigenvalue weighted by molar-refractivity contribution is 5.98. The van der Waals surface area contributed by atoms with Crippen LogP contribution in [-0.4, -0.2) is 23.1 Å². The van der Waals surface area contributed by atoms with E-state index < -0.39 is 18.0 Å². The number of esters is 1. The molecule has 0 bridgehead atoms. The Bertz CT molecular complexity index is 730. The number of nitrogens with zero attached hydrogens (tertiary/aromatic N) is 1. The number of benzene rings is 1. The van der Waals surface area contributed by atoms with Crippen LogP contribution in [-0.2, 0) is 9.53 Å². The van der Waals surface area contributed by atoms with Gasteiger partial charge in [0.05, 0.1) is 5.69 Å². The summed E-state index contributed by atoms with van der Waals surface area (Å²) in [6, 6.07) is 5.70. The number of aromatic nitrogens is 1. The molecule has 0 fully saturated rings. The number of aryl methyl sites for hydroxylation is 4. The number of carbonyl (C=O) groups excluding carboxylic acids is 2. The van der Waals surface area contributed by atoms with Gasteiger partial charge in [0.25, 0.3) is 5.91 Å². The van der Waals surface area contributed by atoms with Crippen molar-refractivity contribution in [3.05, 3.63) is 46.3 Å². The second-order valence-electron chi connectivity index (χ2n) is 5.55. The summed E-state index contributed by atoms with van der Waals surface area (Å²) in [6.07, 6.45) is -0.933. The molecule has 1 aromatic carbocycles. The third-order valence-electron chi connectivity index (χ3n) is 3.53. The van der Waals surface area contributed by atoms with E-state index in [0.29, 0.717) is 17.1 Å². The van der Waals surface area contributed by atoms with Crippen LogP contribution in [0.25, 0.3) is 0 Å². The fourth-order valence-corrected chi connectivity index (χ4v) is 2.24. The van der Waals surface area contributed by atoms with E-state index in [2.05, 4.69) is 10.5 Å². The number of amides is 1. The van der Waals surface area contributed by atoms with Gasteiger partial charge in [0, 0.05) is 5.69 Å². The zero-order chi connectivity index (χ0) is 17.1. The molecule has 0 aliphatic rings. The second-order valence-corrected chi connectivity index (χ2v) is 5.55. The van der Waals surface area contributed by atoms with E-state index in [9.17, 15) is 9.59 Å². The van der Waals surface area contributed by atoms with E-state index in [1.807, 2.05) is 32.0 Å². The molecular weight excluding hydrogens is 296 g/mol. The molecule has 0 aliphatic carbocycles. The van der Waals surface area contributed by atoms with E-state index in [4.69, 9.17) is 9.26 Å². The molecule has 1 heterocycles. The number of anilines is 1. The summed E-state index contributed by atoms with van der Waals surface area (Å²) >= 11 is 0. The van der Waals surface area contributed by atoms with Crippen molar-refractivity contribution in [1.29, 1.82) is 0 Å². The Morgan fingerprint density at radius 3 is 2.48 bits per heavy atom. The van der Waals surface area contributed by atoms with E-state index >= 15 is 0 Å². The molecule has 1 atom stereocenters. The smallest absolute Gasteiger partial charge is 0.344 e. The Balaban J connectivity index is 2.04. The van der Waals surface area contributed by atoms with Crippen LogP contribution in [0, 0.1) is 27.7 Å². The number of rotatable bonds is 4. The first-order chi connectivity index (χ1) is 10.8. The minimum Gasteiger partial charge on any atom is -0.449 e. The molecule has 0 spiro atoms. The van der Waals surface area contributed by atoms with Gasteiger partial charge in [0.1, 0.15) is 11.3 Å². The van der Waals surface area contributed by atoms with Gasteiger partial charge in [-0.05, 0) is 46.2 Å². The van der Waals surface area contributed by atoms with E-state index in [1.165, 1.54) is 6.92 Å². The Labute approximate surface area is 134 Å². The fraction of sp³-hybridized carbons (Fsp3) is 0.353. The van der Waals surface area contributed by atoms with Gasteiger partial charge in [-0.3, -0.25) is 4.79 Å². The summed E-state index contributed by atoms with van der Waals surface area (Å²) < 4.78 is 10.1. The predicted octanol–water partition coefficient (Wildman–Crippen LogP) is 3.09. The number of hydrogen-bond donors (Lipinski definition) is 1. The lowest BCUT2D eigenvalue weighted by atomic mass is 10.1. The molecule has 122 valence electrons. The van der Waals surface area contributed by atoms with Crippen LogP contribution < -0.4 is 5.32 Å². The van der Waals surface area contributed by atoms with Gasteiger partial charge in [0.15, 0.2) is 6.10 Å². The minimum absolute atomic E-state index is 0.260. The van der Waals surface area contributed by atoms with Gasteiger partial charge in [-0.2, -0.15) is 0 Å². The molecule has 2 rings (SSSR count). The van der Waals surface area contributed by atoms with Crippen LogP contribution >= 0.6 is 0 Å². The lowest BCUT2D eigenvalue weighted by Crippen LogP contribution is -2.30. The minimum atomic E-state index is -0.933. The van der Waals surface area contributed by atoms with E-state index in [1.54, 1.807) is 13.8 Å². The molecule has 6 heteroatoms. The standard InChI is InChI=1S/C17H20N2O4/c1-9-6-7-14(10(2)8-9)18-16(20)13(5)22-17(21)15-11(3)19-23-12(15)4/h6-8,13H,1-5H3,(H,18,20). The SMILES string of the molecule is Cc1ccc(NC(=O)C(C)OC(=O)c2c(C)noc2C)c(C)c1. The molecule has 1 N–H and O–H groups in total. The van der Waals surface area contributed by atoms with Gasteiger partial charge in [-0.15, -0.1) is 0 Å². The molecule has 6 nitrogen and oxygen atoms in total. The van der Waals surface area contributed by atoms with Crippen LogP contribution in [0.1, 0.15) is 39.9 Å². The second kappa shape index (κ2) is 6.64. The molecule has 0 saturated heterocycles. The molecule has 2 aromatic rings. The van der Waals surface area contributed by atoms with E-state index in [0.717, 1.165) is 11.1 Å². The van der Waals surface area contributed by atoms with E-state index in [-0.39, 0.29) is 5.56 Å². The molecule has 0 radical (unpaired) electrons. The van der Waals surface area contributed by atoms with Gasteiger partial charge < -0.3 is 14.6 Å². The van der Waals surface area contributed by atoms with Crippen molar-refractivity contribution in [2.45, 2.75) is 40.7 Å². The maximum absolute atomic E-state index is 12.2. The van der Waals surface area contributed by atoms with Crippen molar-refractivity contribution in [1.82, 2.24) is 5.16 Å². The lowest BCUT2D eigenvalue weighted by Gasteiger charge is -2.15. The van der Waals surface area contributed by atoms with Crippen molar-refractivity contribution in [3.8, 4) is 0 Å². The number of hydrogen-bond acceptors (Lipinski definition) is 5. The quantitative estimate of drug-likeness (QED) is 0.877. The normalized spacial score (nSPS) is 11.9. The highest BCUT2D eigenvalue weighted by atomic mass is 16.5. The first-order valence-electron chi connectivity index (χ1n) is 7.31. The summed E-state index contributed by atoms with van der Waals surface area (Å²) in [7, 11) is 0. The average molecular weight is 316 g/mol. The number of carbonyl (C=O) groups is 2. The molecule has 0 saturated carbocycles. The Morgan fingerprint density at radius 1 is 1.22 bits per heavy atom. The van der Waals surface area contributed by atoms with Gasteiger partial charge >= 0.3 is 5.97 Å². The summed E-state index contributed by atoms with van der Waals surface area (Å²) in [5, 5.41) is 6.46. The van der Waals surface area contributed by atoms with Crippen LogP contribution in [0.3, 0.4) is 0 Å². The molecule has 1 amide bonds. The monoisotopic (exact) mass is 316 g/mol. The predicted molar refractivity (Wildman–Crippen MR) is 85.4 cm³/mol. The highest BCUT2D eigenvalue weighted by Gasteiger charge is 2.24. The largest absolute Gasteiger partial charge is 0.449 e. The number of ether oxygens (including phenoxy) is 1. The summed E-state index contributed by atoms with van der Waals surface area (Å²) in [5.74, 6) is -0.643. The fourth-order valence-electron chi connectivity index (χ4n) is 2.24. The van der Waals surface area contributed by atoms with Gasteiger partial charge in [-0.25, -0.2) is 4.79 Å². The Hall–Kier alpha value is -2.63. The maximum Gasteiger partial charge on any atom is 0.344 e. The zero-order valence-electron chi connectivity index (χ0n) is 13.9. The van der Waals surface area contributed by atoms with Gasteiger partial charge in [-0.1, -0.05) is 22.9 Å². The van der Waals surface area contributed by atoms with Crippen molar-refractivity contribution in [2.75, 3.05) is 5.32 Å². The van der Waals surface area contributed by atoms with Crippen molar-refractivity contribution in [3.63, 3.8) is 0 Å². The first-order valence-corrected chi connectivity index (χ1v) is 7.31. The molecular formula is C17H20N2O4. The maximum atomic E-state index is 12.2. The third-order valence-corrected chi connectivity index (χ3v) is 3.53. The van der Waals surface area contributed by atoms with Crippen LogP contribution in [0.2, 0.25) is 0 Å². The number of nitrogens with one attached hydrogen (secondary N) is 1. The molecule has 1 unspecified atom stereocenters. The van der Waals surface area contributed by atoms with Crippen molar-refractivity contribution in [2.24, 2.45) is 0 Å². The van der Waals surface area contributed by atoms with Crippen molar-refractivity contribution >= 4 is 17.6 Å². The van der Waals surface area contributed by atoms with Crippen molar-refractivity contribution < 1.29 is 18.8 Å². The third kappa shape index (κ3) is 3.77. The first kappa shape index (κ1) is 16.7. The summed E-state index contributed by atoms with van der Waals surface area (Å²) in [6.45, 7) is 8.68. The molecule has 0 aliphatic heterocycles. The molecule has 1 aromatic heterocycles. The Morgan fingerprint density at radius 2 is 1.91 bits per heavy atom. The summed E-state index contributed by atoms with van der Waals surface area (Å²) in [4.78, 5) is 24.3. The summed E-state index contributed by atoms with van der Waals surface area (Å²) in [5.41, 5.74) is 3.45.